The Morgan fingerprint density at radius 1 is 1.02 bits per heavy atom. The third-order valence-corrected chi connectivity index (χ3v) is 9.49. The van der Waals surface area contributed by atoms with E-state index < -0.39 is 12.3 Å². The Bertz CT molecular complexity index is 1370. The highest BCUT2D eigenvalue weighted by Gasteiger charge is 2.42. The fourth-order valence-electron chi connectivity index (χ4n) is 7.08. The summed E-state index contributed by atoms with van der Waals surface area (Å²) < 4.78 is 6.70. The molecule has 43 heavy (non-hydrogen) atoms. The monoisotopic (exact) mass is 582 g/mol. The first-order chi connectivity index (χ1) is 21.0. The molecule has 1 amide bonds. The molecule has 6 rings (SSSR count). The molecule has 7 heteroatoms. The predicted octanol–water partition coefficient (Wildman–Crippen LogP) is 5.02. The SMILES string of the molecule is CCc1ccc2c(c1)[C@@H](NC[C@@H](O)[C@@H](NCc1ccccc1)NC(=O)CN1CCc3ccccc31)CC1(CCCCC1)O2. The van der Waals surface area contributed by atoms with E-state index in [-0.39, 0.29) is 24.1 Å². The molecule has 0 radical (unpaired) electrons. The van der Waals surface area contributed by atoms with E-state index in [9.17, 15) is 9.90 Å². The highest BCUT2D eigenvalue weighted by atomic mass is 16.5. The second kappa shape index (κ2) is 13.5. The predicted molar refractivity (Wildman–Crippen MR) is 171 cm³/mol. The van der Waals surface area contributed by atoms with Crippen molar-refractivity contribution in [1.29, 1.82) is 0 Å². The largest absolute Gasteiger partial charge is 0.487 e. The molecule has 2 aliphatic heterocycles. The molecule has 0 aromatic heterocycles. The average Bonchev–Trinajstić information content (AvgIpc) is 3.44. The molecule has 0 saturated heterocycles. The van der Waals surface area contributed by atoms with Crippen molar-refractivity contribution < 1.29 is 14.6 Å². The van der Waals surface area contributed by atoms with E-state index >= 15 is 0 Å². The number of fused-ring (bicyclic) bond motifs is 2. The summed E-state index contributed by atoms with van der Waals surface area (Å²) in [6, 6.07) is 25.0. The lowest BCUT2D eigenvalue weighted by atomic mass is 9.77. The molecular weight excluding hydrogens is 536 g/mol. The zero-order chi connectivity index (χ0) is 29.6. The number of aliphatic hydroxyl groups is 1. The number of aliphatic hydroxyl groups excluding tert-OH is 1. The van der Waals surface area contributed by atoms with Crippen LogP contribution in [0.25, 0.3) is 0 Å². The minimum atomic E-state index is -0.832. The standard InChI is InChI=1S/C36H46N4O3/c1-2-26-15-16-33-29(21-26)30(22-36(43-33)18-9-4-10-19-36)37-24-32(41)35(38-23-27-11-5-3-6-12-27)39-34(42)25-40-20-17-28-13-7-8-14-31(28)40/h3,5-8,11-16,21,30,32,35,37-38,41H,2,4,9-10,17-20,22-25H2,1H3,(H,39,42)/t30-,32+,35-/m0/s1. The number of hydrogen-bond donors (Lipinski definition) is 4. The first kappa shape index (κ1) is 29.7. The van der Waals surface area contributed by atoms with Crippen molar-refractivity contribution in [3.05, 3.63) is 95.1 Å². The van der Waals surface area contributed by atoms with E-state index in [1.165, 1.54) is 36.0 Å². The minimum Gasteiger partial charge on any atom is -0.487 e. The van der Waals surface area contributed by atoms with Gasteiger partial charge in [-0.05, 0) is 67.3 Å². The number of para-hydroxylation sites is 1. The van der Waals surface area contributed by atoms with Crippen molar-refractivity contribution in [3.63, 3.8) is 0 Å². The van der Waals surface area contributed by atoms with Crippen molar-refractivity contribution in [2.45, 2.75) is 88.7 Å². The molecule has 3 aromatic carbocycles. The summed E-state index contributed by atoms with van der Waals surface area (Å²) in [6.07, 6.45) is 7.15. The number of nitrogens with one attached hydrogen (secondary N) is 3. The Kier molecular flexibility index (Phi) is 9.31. The number of ether oxygens (including phenoxy) is 1. The molecule has 3 atom stereocenters. The van der Waals surface area contributed by atoms with Gasteiger partial charge in [0, 0.05) is 43.3 Å². The summed E-state index contributed by atoms with van der Waals surface area (Å²) in [7, 11) is 0. The third kappa shape index (κ3) is 7.06. The number of amides is 1. The van der Waals surface area contributed by atoms with Gasteiger partial charge in [0.15, 0.2) is 0 Å². The first-order valence-corrected chi connectivity index (χ1v) is 16.1. The smallest absolute Gasteiger partial charge is 0.240 e. The molecule has 0 unspecified atom stereocenters. The maximum atomic E-state index is 13.3. The number of rotatable bonds is 11. The number of carbonyl (C=O) groups is 1. The topological polar surface area (TPSA) is 85.9 Å². The van der Waals surface area contributed by atoms with Gasteiger partial charge in [-0.1, -0.05) is 74.0 Å². The number of nitrogens with zero attached hydrogens (tertiary/aromatic N) is 1. The highest BCUT2D eigenvalue weighted by molar-refractivity contribution is 5.82. The van der Waals surface area contributed by atoms with Crippen LogP contribution in [0.15, 0.2) is 72.8 Å². The minimum absolute atomic E-state index is 0.0783. The number of anilines is 1. The molecule has 1 spiro atoms. The van der Waals surface area contributed by atoms with Crippen LogP contribution in [0.1, 0.15) is 73.7 Å². The van der Waals surface area contributed by atoms with Crippen LogP contribution in [-0.2, 0) is 24.2 Å². The maximum absolute atomic E-state index is 13.3. The quantitative estimate of drug-likeness (QED) is 0.238. The number of benzene rings is 3. The zero-order valence-corrected chi connectivity index (χ0v) is 25.4. The van der Waals surface area contributed by atoms with Crippen LogP contribution in [-0.4, -0.2) is 48.5 Å². The van der Waals surface area contributed by atoms with E-state index in [4.69, 9.17) is 4.74 Å². The zero-order valence-electron chi connectivity index (χ0n) is 25.4. The van der Waals surface area contributed by atoms with Gasteiger partial charge >= 0.3 is 0 Å². The van der Waals surface area contributed by atoms with Crippen molar-refractivity contribution in [3.8, 4) is 5.75 Å². The molecule has 3 aliphatic rings. The van der Waals surface area contributed by atoms with Crippen LogP contribution in [0.4, 0.5) is 5.69 Å². The van der Waals surface area contributed by atoms with E-state index in [2.05, 4.69) is 58.1 Å². The summed E-state index contributed by atoms with van der Waals surface area (Å²) in [4.78, 5) is 15.5. The van der Waals surface area contributed by atoms with Gasteiger partial charge in [-0.3, -0.25) is 10.1 Å². The van der Waals surface area contributed by atoms with Crippen molar-refractivity contribution in [2.75, 3.05) is 24.5 Å². The molecule has 228 valence electrons. The molecule has 1 fully saturated rings. The summed E-state index contributed by atoms with van der Waals surface area (Å²) in [5, 5.41) is 21.8. The van der Waals surface area contributed by atoms with E-state index in [1.54, 1.807) is 0 Å². The first-order valence-electron chi connectivity index (χ1n) is 16.1. The van der Waals surface area contributed by atoms with E-state index in [0.29, 0.717) is 13.1 Å². The highest BCUT2D eigenvalue weighted by Crippen LogP contribution is 2.46. The summed E-state index contributed by atoms with van der Waals surface area (Å²) >= 11 is 0. The van der Waals surface area contributed by atoms with Crippen molar-refractivity contribution in [2.24, 2.45) is 0 Å². The van der Waals surface area contributed by atoms with E-state index in [0.717, 1.165) is 55.6 Å². The van der Waals surface area contributed by atoms with Crippen LogP contribution >= 0.6 is 0 Å². The summed E-state index contributed by atoms with van der Waals surface area (Å²) in [5.41, 5.74) is 5.81. The lowest BCUT2D eigenvalue weighted by Crippen LogP contribution is -2.57. The Morgan fingerprint density at radius 3 is 2.63 bits per heavy atom. The molecule has 3 aromatic rings. The lowest BCUT2D eigenvalue weighted by molar-refractivity contribution is -0.121. The normalized spacial score (nSPS) is 20.1. The number of aryl methyl sites for hydroxylation is 1. The van der Waals surface area contributed by atoms with Gasteiger partial charge in [0.25, 0.3) is 0 Å². The molecule has 7 nitrogen and oxygen atoms in total. The molecule has 4 N–H and O–H groups in total. The van der Waals surface area contributed by atoms with Crippen LogP contribution < -0.4 is 25.6 Å². The fraction of sp³-hybridized carbons (Fsp3) is 0.472. The van der Waals surface area contributed by atoms with E-state index in [1.807, 2.05) is 42.5 Å². The van der Waals surface area contributed by atoms with Gasteiger partial charge < -0.3 is 25.4 Å². The van der Waals surface area contributed by atoms with Crippen molar-refractivity contribution in [1.82, 2.24) is 16.0 Å². The Balaban J connectivity index is 1.15. The molecule has 1 saturated carbocycles. The second-order valence-corrected chi connectivity index (χ2v) is 12.5. The lowest BCUT2D eigenvalue weighted by Gasteiger charge is -2.45. The molecular formula is C36H46N4O3. The molecule has 2 heterocycles. The van der Waals surface area contributed by atoms with Crippen LogP contribution in [0.2, 0.25) is 0 Å². The maximum Gasteiger partial charge on any atom is 0.240 e. The Labute approximate surface area is 256 Å². The summed E-state index contributed by atoms with van der Waals surface area (Å²) in [6.45, 7) is 4.14. The van der Waals surface area contributed by atoms with Crippen LogP contribution in [0.5, 0.6) is 5.75 Å². The van der Waals surface area contributed by atoms with Crippen LogP contribution in [0, 0.1) is 0 Å². The second-order valence-electron chi connectivity index (χ2n) is 12.5. The molecule has 1 aliphatic carbocycles. The van der Waals surface area contributed by atoms with Gasteiger partial charge in [0.2, 0.25) is 5.91 Å². The van der Waals surface area contributed by atoms with Gasteiger partial charge in [-0.15, -0.1) is 0 Å². The van der Waals surface area contributed by atoms with Gasteiger partial charge in [0.05, 0.1) is 12.6 Å². The Hall–Kier alpha value is -3.39. The Morgan fingerprint density at radius 2 is 1.81 bits per heavy atom. The molecule has 0 bridgehead atoms. The van der Waals surface area contributed by atoms with Gasteiger partial charge in [-0.2, -0.15) is 0 Å². The third-order valence-electron chi connectivity index (χ3n) is 9.49. The van der Waals surface area contributed by atoms with Crippen molar-refractivity contribution >= 4 is 11.6 Å². The summed E-state index contributed by atoms with van der Waals surface area (Å²) in [5.74, 6) is 0.863. The van der Waals surface area contributed by atoms with Gasteiger partial charge in [-0.25, -0.2) is 0 Å². The van der Waals surface area contributed by atoms with Crippen LogP contribution in [0.3, 0.4) is 0 Å². The average molecular weight is 583 g/mol. The number of carbonyl (C=O) groups excluding carboxylic acids is 1. The number of hydrogen-bond acceptors (Lipinski definition) is 6. The fourth-order valence-corrected chi connectivity index (χ4v) is 7.08. The van der Waals surface area contributed by atoms with Gasteiger partial charge in [0.1, 0.15) is 17.5 Å².